The third-order valence-electron chi connectivity index (χ3n) is 3.22. The molecule has 8 nitrogen and oxygen atoms in total. The topological polar surface area (TPSA) is 121 Å². The molecule has 1 aromatic carbocycles. The molecule has 1 aliphatic rings. The zero-order valence-corrected chi connectivity index (χ0v) is 12.8. The fourth-order valence-electron chi connectivity index (χ4n) is 2.22. The number of nitrogens with zero attached hydrogens (tertiary/aromatic N) is 2. The number of aliphatic hydroxyl groups is 1. The molecule has 0 saturated carbocycles. The van der Waals surface area contributed by atoms with E-state index in [9.17, 15) is 24.8 Å². The van der Waals surface area contributed by atoms with Crippen molar-refractivity contribution in [1.29, 1.82) is 0 Å². The Hall–Kier alpha value is -1.75. The Morgan fingerprint density at radius 3 is 2.67 bits per heavy atom. The van der Waals surface area contributed by atoms with Crippen LogP contribution in [-0.4, -0.2) is 50.6 Å². The Morgan fingerprint density at radius 2 is 2.10 bits per heavy atom. The lowest BCUT2D eigenvalue weighted by molar-refractivity contribution is -0.384. The molecule has 1 saturated heterocycles. The van der Waals surface area contributed by atoms with Gasteiger partial charge in [-0.25, -0.2) is 4.79 Å². The second kappa shape index (κ2) is 5.93. The van der Waals surface area contributed by atoms with Gasteiger partial charge in [-0.2, -0.15) is 0 Å². The van der Waals surface area contributed by atoms with Gasteiger partial charge in [-0.05, 0) is 28.7 Å². The third-order valence-corrected chi connectivity index (χ3v) is 4.16. The van der Waals surface area contributed by atoms with Gasteiger partial charge in [0.1, 0.15) is 6.04 Å². The van der Waals surface area contributed by atoms with Crippen molar-refractivity contribution in [2.45, 2.75) is 18.6 Å². The van der Waals surface area contributed by atoms with Gasteiger partial charge in [0.05, 0.1) is 16.6 Å². The summed E-state index contributed by atoms with van der Waals surface area (Å²) in [7, 11) is 0. The first-order valence-electron chi connectivity index (χ1n) is 5.97. The van der Waals surface area contributed by atoms with Gasteiger partial charge in [-0.15, -0.1) is 0 Å². The average Bonchev–Trinajstić information content (AvgIpc) is 2.80. The lowest BCUT2D eigenvalue weighted by Gasteiger charge is -2.21. The molecule has 9 heteroatoms. The second-order valence-corrected chi connectivity index (χ2v) is 5.78. The highest BCUT2D eigenvalue weighted by atomic mass is 127. The first-order valence-corrected chi connectivity index (χ1v) is 7.05. The Kier molecular flexibility index (Phi) is 4.42. The number of rotatable bonds is 3. The second-order valence-electron chi connectivity index (χ2n) is 4.62. The Bertz CT molecular complexity index is 620. The van der Waals surface area contributed by atoms with E-state index in [2.05, 4.69) is 0 Å². The van der Waals surface area contributed by atoms with Gasteiger partial charge >= 0.3 is 5.97 Å². The first kappa shape index (κ1) is 15.6. The van der Waals surface area contributed by atoms with Crippen molar-refractivity contribution >= 4 is 40.2 Å². The number of nitro benzene ring substituents is 1. The summed E-state index contributed by atoms with van der Waals surface area (Å²) in [5, 5.41) is 29.4. The molecule has 0 aliphatic carbocycles. The number of halogens is 1. The third kappa shape index (κ3) is 3.13. The number of hydrogen-bond acceptors (Lipinski definition) is 5. The van der Waals surface area contributed by atoms with Crippen molar-refractivity contribution in [3.63, 3.8) is 0 Å². The van der Waals surface area contributed by atoms with Crippen LogP contribution in [0.15, 0.2) is 18.2 Å². The molecule has 1 amide bonds. The van der Waals surface area contributed by atoms with E-state index in [0.717, 1.165) is 11.0 Å². The molecular weight excluding hydrogens is 395 g/mol. The number of carboxylic acids is 1. The molecule has 0 aromatic heterocycles. The number of non-ortho nitro benzene ring substituents is 1. The van der Waals surface area contributed by atoms with Gasteiger partial charge in [-0.1, -0.05) is 0 Å². The maximum absolute atomic E-state index is 12.4. The molecule has 2 N–H and O–H groups in total. The fraction of sp³-hybridized carbons (Fsp3) is 0.333. The number of carbonyl (C=O) groups excluding carboxylic acids is 1. The number of benzene rings is 1. The monoisotopic (exact) mass is 406 g/mol. The van der Waals surface area contributed by atoms with E-state index in [1.54, 1.807) is 0 Å². The van der Waals surface area contributed by atoms with Crippen LogP contribution in [0, 0.1) is 13.7 Å². The summed E-state index contributed by atoms with van der Waals surface area (Å²) in [4.78, 5) is 34.8. The maximum atomic E-state index is 12.4. The van der Waals surface area contributed by atoms with Crippen molar-refractivity contribution in [1.82, 2.24) is 4.90 Å². The van der Waals surface area contributed by atoms with E-state index in [1.165, 1.54) is 12.1 Å². The van der Waals surface area contributed by atoms with Crippen LogP contribution in [0.2, 0.25) is 0 Å². The molecule has 0 spiro atoms. The summed E-state index contributed by atoms with van der Waals surface area (Å²) in [6.45, 7) is -0.103. The summed E-state index contributed by atoms with van der Waals surface area (Å²) in [5.74, 6) is -1.84. The van der Waals surface area contributed by atoms with Crippen molar-refractivity contribution in [2.75, 3.05) is 6.54 Å². The molecule has 112 valence electrons. The van der Waals surface area contributed by atoms with Gasteiger partial charge in [0.15, 0.2) is 0 Å². The number of hydrogen-bond donors (Lipinski definition) is 2. The van der Waals surface area contributed by atoms with Gasteiger partial charge < -0.3 is 15.1 Å². The quantitative estimate of drug-likeness (QED) is 0.437. The van der Waals surface area contributed by atoms with Gasteiger partial charge in [0.25, 0.3) is 11.6 Å². The minimum Gasteiger partial charge on any atom is -0.480 e. The number of aliphatic hydroxyl groups excluding tert-OH is 1. The minimum atomic E-state index is -1.21. The average molecular weight is 406 g/mol. The number of carboxylic acid groups (broad SMARTS) is 1. The SMILES string of the molecule is O=C(O)[C@@H]1C[C@H](O)CN1C(=O)c1cc([N+](=O)[O-])ccc1I. The van der Waals surface area contributed by atoms with Crippen LogP contribution >= 0.6 is 22.6 Å². The van der Waals surface area contributed by atoms with Crippen LogP contribution in [0.4, 0.5) is 5.69 Å². The molecule has 1 aromatic rings. The summed E-state index contributed by atoms with van der Waals surface area (Å²) in [6.07, 6.45) is -0.960. The van der Waals surface area contributed by atoms with Crippen LogP contribution in [0.5, 0.6) is 0 Å². The molecule has 1 aliphatic heterocycles. The van der Waals surface area contributed by atoms with E-state index < -0.39 is 28.9 Å². The highest BCUT2D eigenvalue weighted by Gasteiger charge is 2.39. The summed E-state index contributed by atoms with van der Waals surface area (Å²) < 4.78 is 0.480. The number of β-amino-alcohol motifs (C(OH)–C–C–N with tert-alkyl or cyclic N) is 1. The van der Waals surface area contributed by atoms with Crippen LogP contribution in [-0.2, 0) is 4.79 Å². The van der Waals surface area contributed by atoms with Crippen LogP contribution < -0.4 is 0 Å². The molecule has 0 radical (unpaired) electrons. The smallest absolute Gasteiger partial charge is 0.326 e. The molecular formula is C12H11IN2O6. The zero-order chi connectivity index (χ0) is 15.7. The number of aliphatic carboxylic acids is 1. The van der Waals surface area contributed by atoms with Crippen molar-refractivity contribution in [3.05, 3.63) is 37.4 Å². The number of carbonyl (C=O) groups is 2. The minimum absolute atomic E-state index is 0.0490. The zero-order valence-electron chi connectivity index (χ0n) is 10.6. The van der Waals surface area contributed by atoms with Crippen LogP contribution in [0.3, 0.4) is 0 Å². The number of nitro groups is 1. The predicted molar refractivity (Wildman–Crippen MR) is 78.9 cm³/mol. The predicted octanol–water partition coefficient (Wildman–Crippen LogP) is 0.859. The lowest BCUT2D eigenvalue weighted by atomic mass is 10.1. The van der Waals surface area contributed by atoms with Gasteiger partial charge in [0.2, 0.25) is 0 Å². The fourth-order valence-corrected chi connectivity index (χ4v) is 2.78. The normalized spacial score (nSPS) is 21.3. The van der Waals surface area contributed by atoms with E-state index in [1.807, 2.05) is 22.6 Å². The molecule has 21 heavy (non-hydrogen) atoms. The Labute approximate surface area is 132 Å². The van der Waals surface area contributed by atoms with Gasteiger partial charge in [-0.3, -0.25) is 14.9 Å². The summed E-state index contributed by atoms with van der Waals surface area (Å²) >= 11 is 1.85. The molecule has 1 fully saturated rings. The first-order chi connectivity index (χ1) is 9.81. The summed E-state index contributed by atoms with van der Waals surface area (Å²) in [5.41, 5.74) is -0.185. The van der Waals surface area contributed by atoms with E-state index in [0.29, 0.717) is 3.57 Å². The van der Waals surface area contributed by atoms with Crippen molar-refractivity contribution < 1.29 is 24.7 Å². The highest BCUT2D eigenvalue weighted by Crippen LogP contribution is 2.25. The number of amides is 1. The molecule has 1 heterocycles. The lowest BCUT2D eigenvalue weighted by Crippen LogP contribution is -2.40. The van der Waals surface area contributed by atoms with Gasteiger partial charge in [0, 0.05) is 28.7 Å². The molecule has 0 bridgehead atoms. The van der Waals surface area contributed by atoms with E-state index in [-0.39, 0.29) is 24.2 Å². The summed E-state index contributed by atoms with van der Waals surface area (Å²) in [6, 6.07) is 2.69. The standard InChI is InChI=1S/C12H11IN2O6/c13-9-2-1-6(15(20)21)3-8(9)11(17)14-5-7(16)4-10(14)12(18)19/h1-3,7,10,16H,4-5H2,(H,18,19)/t7-,10-/m0/s1. The molecule has 0 unspecified atom stereocenters. The highest BCUT2D eigenvalue weighted by molar-refractivity contribution is 14.1. The van der Waals surface area contributed by atoms with Crippen LogP contribution in [0.1, 0.15) is 16.8 Å². The Morgan fingerprint density at radius 1 is 1.43 bits per heavy atom. The Balaban J connectivity index is 2.37. The molecule has 2 atom stereocenters. The van der Waals surface area contributed by atoms with Crippen LogP contribution in [0.25, 0.3) is 0 Å². The molecule has 2 rings (SSSR count). The van der Waals surface area contributed by atoms with Crippen molar-refractivity contribution in [3.8, 4) is 0 Å². The van der Waals surface area contributed by atoms with E-state index >= 15 is 0 Å². The van der Waals surface area contributed by atoms with E-state index in [4.69, 9.17) is 5.11 Å². The van der Waals surface area contributed by atoms with Crippen molar-refractivity contribution in [2.24, 2.45) is 0 Å². The maximum Gasteiger partial charge on any atom is 0.326 e. The number of likely N-dealkylation sites (tertiary alicyclic amines) is 1. The largest absolute Gasteiger partial charge is 0.480 e.